The number of rotatable bonds is 8. The minimum Gasteiger partial charge on any atom is -0.497 e. The second-order valence-electron chi connectivity index (χ2n) is 12.0. The third-order valence-corrected chi connectivity index (χ3v) is 8.70. The highest BCUT2D eigenvalue weighted by molar-refractivity contribution is 5.95. The number of benzene rings is 3. The van der Waals surface area contributed by atoms with Crippen LogP contribution < -0.4 is 20.7 Å². The summed E-state index contributed by atoms with van der Waals surface area (Å²) in [6, 6.07) is 22.8. The molecule has 2 aliphatic heterocycles. The first-order valence-electron chi connectivity index (χ1n) is 14.5. The number of methoxy groups -OCH3 is 1. The van der Waals surface area contributed by atoms with E-state index in [0.29, 0.717) is 18.6 Å². The van der Waals surface area contributed by atoms with Crippen LogP contribution in [0.3, 0.4) is 0 Å². The van der Waals surface area contributed by atoms with Crippen molar-refractivity contribution in [1.29, 1.82) is 0 Å². The number of nitrogens with one attached hydrogen (secondary N) is 3. The average molecular weight is 569 g/mol. The SMILES string of the molecule is CN[C@@H](C)C(=O)NC1Cc2cc(OC)ccc2C2CC(C)(C)C(C(=O)NC(c3ccccc3)c3ccccc3)N2C1=O. The fourth-order valence-corrected chi connectivity index (χ4v) is 6.40. The highest BCUT2D eigenvalue weighted by atomic mass is 16.5. The van der Waals surface area contributed by atoms with Crippen molar-refractivity contribution in [1.82, 2.24) is 20.9 Å². The average Bonchev–Trinajstić information content (AvgIpc) is 3.24. The van der Waals surface area contributed by atoms with E-state index in [1.54, 1.807) is 26.0 Å². The Morgan fingerprint density at radius 3 is 2.17 bits per heavy atom. The van der Waals surface area contributed by atoms with Gasteiger partial charge < -0.3 is 25.6 Å². The number of ether oxygens (including phenoxy) is 1. The summed E-state index contributed by atoms with van der Waals surface area (Å²) in [6.45, 7) is 5.83. The van der Waals surface area contributed by atoms with Gasteiger partial charge in [-0.3, -0.25) is 14.4 Å². The highest BCUT2D eigenvalue weighted by Crippen LogP contribution is 2.50. The number of carbonyl (C=O) groups excluding carboxylic acids is 3. The molecule has 3 aromatic carbocycles. The first-order valence-corrected chi connectivity index (χ1v) is 14.5. The molecule has 2 aliphatic rings. The molecule has 0 spiro atoms. The molecule has 42 heavy (non-hydrogen) atoms. The van der Waals surface area contributed by atoms with Gasteiger partial charge in [0.05, 0.1) is 25.2 Å². The lowest BCUT2D eigenvalue weighted by atomic mass is 9.81. The molecule has 220 valence electrons. The molecule has 3 N–H and O–H groups in total. The van der Waals surface area contributed by atoms with Crippen LogP contribution >= 0.6 is 0 Å². The maximum Gasteiger partial charge on any atom is 0.246 e. The van der Waals surface area contributed by atoms with Crippen LogP contribution in [0.15, 0.2) is 78.9 Å². The third-order valence-electron chi connectivity index (χ3n) is 8.70. The summed E-state index contributed by atoms with van der Waals surface area (Å²) in [4.78, 5) is 43.5. The molecule has 0 aromatic heterocycles. The van der Waals surface area contributed by atoms with E-state index in [4.69, 9.17) is 4.74 Å². The Kier molecular flexibility index (Phi) is 8.36. The van der Waals surface area contributed by atoms with Gasteiger partial charge in [-0.05, 0) is 60.2 Å². The van der Waals surface area contributed by atoms with Gasteiger partial charge in [0.25, 0.3) is 0 Å². The number of likely N-dealkylation sites (N-methyl/N-ethyl adjacent to an activating group) is 1. The van der Waals surface area contributed by atoms with Crippen molar-refractivity contribution < 1.29 is 19.1 Å². The Balaban J connectivity index is 1.55. The standard InChI is InChI=1S/C34H40N4O4/c1-21(35-4)31(39)36-27-19-24-18-25(42-5)16-17-26(24)28-20-34(2,3)30(38(28)33(27)41)32(40)37-29(22-12-8-6-9-13-22)23-14-10-7-11-15-23/h6-18,21,27-30,35H,19-20H2,1-5H3,(H,36,39)(H,37,40)/t21-,27?,28?,30?/m0/s1. The van der Waals surface area contributed by atoms with E-state index in [1.165, 1.54) is 0 Å². The molecule has 1 fully saturated rings. The van der Waals surface area contributed by atoms with E-state index in [2.05, 4.69) is 16.0 Å². The van der Waals surface area contributed by atoms with Crippen molar-refractivity contribution in [2.75, 3.05) is 14.2 Å². The van der Waals surface area contributed by atoms with Crippen LogP contribution in [0.25, 0.3) is 0 Å². The number of fused-ring (bicyclic) bond motifs is 3. The zero-order chi connectivity index (χ0) is 30.0. The van der Waals surface area contributed by atoms with Gasteiger partial charge in [-0.2, -0.15) is 0 Å². The zero-order valence-electron chi connectivity index (χ0n) is 24.9. The van der Waals surface area contributed by atoms with Crippen LogP contribution in [0.4, 0.5) is 0 Å². The summed E-state index contributed by atoms with van der Waals surface area (Å²) < 4.78 is 5.50. The van der Waals surface area contributed by atoms with E-state index < -0.39 is 23.5 Å². The molecule has 0 saturated carbocycles. The second-order valence-corrected chi connectivity index (χ2v) is 12.0. The van der Waals surface area contributed by atoms with Crippen LogP contribution in [0, 0.1) is 5.41 Å². The predicted molar refractivity (Wildman–Crippen MR) is 162 cm³/mol. The number of nitrogens with zero attached hydrogens (tertiary/aromatic N) is 1. The van der Waals surface area contributed by atoms with Crippen LogP contribution in [0.5, 0.6) is 5.75 Å². The molecule has 8 heteroatoms. The fraction of sp³-hybridized carbons (Fsp3) is 0.382. The number of hydrogen-bond donors (Lipinski definition) is 3. The van der Waals surface area contributed by atoms with E-state index in [9.17, 15) is 14.4 Å². The minimum atomic E-state index is -0.826. The lowest BCUT2D eigenvalue weighted by Gasteiger charge is -2.35. The Morgan fingerprint density at radius 2 is 1.60 bits per heavy atom. The van der Waals surface area contributed by atoms with Crippen LogP contribution in [-0.4, -0.2) is 54.9 Å². The molecule has 2 heterocycles. The monoisotopic (exact) mass is 568 g/mol. The molecule has 0 aliphatic carbocycles. The van der Waals surface area contributed by atoms with Crippen molar-refractivity contribution in [2.24, 2.45) is 5.41 Å². The Bertz CT molecular complexity index is 1400. The summed E-state index contributed by atoms with van der Waals surface area (Å²) in [5, 5.41) is 9.20. The lowest BCUT2D eigenvalue weighted by Crippen LogP contribution is -2.57. The van der Waals surface area contributed by atoms with E-state index in [1.807, 2.05) is 92.7 Å². The van der Waals surface area contributed by atoms with Gasteiger partial charge in [-0.1, -0.05) is 80.6 Å². The van der Waals surface area contributed by atoms with Crippen LogP contribution in [-0.2, 0) is 20.8 Å². The number of amides is 3. The van der Waals surface area contributed by atoms with Crippen molar-refractivity contribution in [3.05, 3.63) is 101 Å². The number of carbonyl (C=O) groups is 3. The Hall–Kier alpha value is -4.17. The quantitative estimate of drug-likeness (QED) is 0.383. The summed E-state index contributed by atoms with van der Waals surface area (Å²) in [6.07, 6.45) is 0.914. The smallest absolute Gasteiger partial charge is 0.246 e. The van der Waals surface area contributed by atoms with E-state index in [0.717, 1.165) is 22.3 Å². The van der Waals surface area contributed by atoms with Crippen molar-refractivity contribution >= 4 is 17.7 Å². The zero-order valence-corrected chi connectivity index (χ0v) is 24.9. The maximum absolute atomic E-state index is 14.4. The van der Waals surface area contributed by atoms with Crippen molar-refractivity contribution in [3.8, 4) is 5.75 Å². The van der Waals surface area contributed by atoms with Crippen LogP contribution in [0.2, 0.25) is 0 Å². The maximum atomic E-state index is 14.4. The molecular weight excluding hydrogens is 528 g/mol. The summed E-state index contributed by atoms with van der Waals surface area (Å²) in [5.74, 6) is -0.0671. The summed E-state index contributed by atoms with van der Waals surface area (Å²) in [7, 11) is 3.31. The molecule has 0 radical (unpaired) electrons. The Labute approximate surface area is 247 Å². The fourth-order valence-electron chi connectivity index (χ4n) is 6.40. The topological polar surface area (TPSA) is 99.8 Å². The minimum absolute atomic E-state index is 0.223. The predicted octanol–water partition coefficient (Wildman–Crippen LogP) is 3.92. The highest BCUT2D eigenvalue weighted by Gasteiger charge is 2.55. The van der Waals surface area contributed by atoms with Gasteiger partial charge in [0.1, 0.15) is 17.8 Å². The molecule has 3 unspecified atom stereocenters. The van der Waals surface area contributed by atoms with Gasteiger partial charge >= 0.3 is 0 Å². The van der Waals surface area contributed by atoms with Gasteiger partial charge in [0.15, 0.2) is 0 Å². The van der Waals surface area contributed by atoms with E-state index in [-0.39, 0.29) is 29.8 Å². The van der Waals surface area contributed by atoms with Gasteiger partial charge in [0, 0.05) is 6.42 Å². The first kappa shape index (κ1) is 29.3. The van der Waals surface area contributed by atoms with Gasteiger partial charge in [-0.25, -0.2) is 0 Å². The largest absolute Gasteiger partial charge is 0.497 e. The van der Waals surface area contributed by atoms with Crippen molar-refractivity contribution in [3.63, 3.8) is 0 Å². The van der Waals surface area contributed by atoms with Crippen molar-refractivity contribution in [2.45, 2.75) is 63.8 Å². The van der Waals surface area contributed by atoms with E-state index >= 15 is 0 Å². The molecule has 1 saturated heterocycles. The summed E-state index contributed by atoms with van der Waals surface area (Å²) >= 11 is 0. The molecule has 3 aromatic rings. The molecule has 0 bridgehead atoms. The molecule has 4 atom stereocenters. The molecule has 3 amide bonds. The normalized spacial score (nSPS) is 21.6. The lowest BCUT2D eigenvalue weighted by molar-refractivity contribution is -0.145. The first-order chi connectivity index (χ1) is 20.1. The third kappa shape index (κ3) is 5.63. The Morgan fingerprint density at radius 1 is 0.976 bits per heavy atom. The van der Waals surface area contributed by atoms with Gasteiger partial charge in [0.2, 0.25) is 17.7 Å². The van der Waals surface area contributed by atoms with Gasteiger partial charge in [-0.15, -0.1) is 0 Å². The van der Waals surface area contributed by atoms with Crippen LogP contribution in [0.1, 0.15) is 61.5 Å². The number of hydrogen-bond acceptors (Lipinski definition) is 5. The summed E-state index contributed by atoms with van der Waals surface area (Å²) in [5.41, 5.74) is 3.28. The molecule has 8 nitrogen and oxygen atoms in total. The molecular formula is C34H40N4O4. The second kappa shape index (κ2) is 12.0. The molecule has 5 rings (SSSR count).